The molecule has 0 spiro atoms. The van der Waals surface area contributed by atoms with Crippen LogP contribution in [0.15, 0.2) is 24.3 Å². The lowest BCUT2D eigenvalue weighted by Crippen LogP contribution is -2.50. The zero-order valence-corrected chi connectivity index (χ0v) is 12.9. The van der Waals surface area contributed by atoms with E-state index in [1.165, 1.54) is 17.0 Å². The molecule has 6 nitrogen and oxygen atoms in total. The number of alkyl halides is 5. The maximum absolute atomic E-state index is 13.1. The molecule has 1 heterocycles. The minimum atomic E-state index is -4.79. The first-order valence-electron chi connectivity index (χ1n) is 7.24. The second-order valence-electron chi connectivity index (χ2n) is 5.39. The Labute approximate surface area is 140 Å². The summed E-state index contributed by atoms with van der Waals surface area (Å²) in [5.41, 5.74) is 0.296. The number of guanidine groups is 2. The van der Waals surface area contributed by atoms with Crippen LogP contribution in [0.5, 0.6) is 5.75 Å². The summed E-state index contributed by atoms with van der Waals surface area (Å²) in [4.78, 5) is 1.38. The predicted molar refractivity (Wildman–Crippen MR) is 81.1 cm³/mol. The van der Waals surface area contributed by atoms with Crippen molar-refractivity contribution in [2.45, 2.75) is 25.1 Å². The Bertz CT molecular complexity index is 621. The van der Waals surface area contributed by atoms with Gasteiger partial charge in [0.05, 0.1) is 0 Å². The number of ether oxygens (including phenoxy) is 1. The van der Waals surface area contributed by atoms with E-state index in [9.17, 15) is 22.0 Å². The summed E-state index contributed by atoms with van der Waals surface area (Å²) >= 11 is 0. The van der Waals surface area contributed by atoms with E-state index in [-0.39, 0.29) is 37.9 Å². The van der Waals surface area contributed by atoms with Gasteiger partial charge in [-0.05, 0) is 24.3 Å². The average Bonchev–Trinajstić information content (AvgIpc) is 2.47. The first-order valence-corrected chi connectivity index (χ1v) is 7.24. The van der Waals surface area contributed by atoms with E-state index < -0.39 is 18.0 Å². The number of rotatable bonds is 2. The Balaban J connectivity index is 1.83. The number of nitrogens with zero attached hydrogens (tertiary/aromatic N) is 1. The van der Waals surface area contributed by atoms with E-state index >= 15 is 0 Å². The Morgan fingerprint density at radius 1 is 1.08 bits per heavy atom. The lowest BCUT2D eigenvalue weighted by molar-refractivity contribution is -0.274. The molecule has 138 valence electrons. The number of piperidine rings is 1. The zero-order valence-electron chi connectivity index (χ0n) is 12.9. The lowest BCUT2D eigenvalue weighted by atomic mass is 10.1. The van der Waals surface area contributed by atoms with Crippen molar-refractivity contribution in [2.75, 3.05) is 18.4 Å². The van der Waals surface area contributed by atoms with Crippen LogP contribution in [0.25, 0.3) is 0 Å². The number of benzene rings is 1. The lowest BCUT2D eigenvalue weighted by Gasteiger charge is -2.33. The van der Waals surface area contributed by atoms with Gasteiger partial charge in [-0.15, -0.1) is 13.2 Å². The largest absolute Gasteiger partial charge is 0.573 e. The number of likely N-dealkylation sites (tertiary alicyclic amines) is 1. The molecule has 1 aromatic rings. The molecule has 4 N–H and O–H groups in total. The third-order valence-electron chi connectivity index (χ3n) is 3.41. The van der Waals surface area contributed by atoms with Crippen molar-refractivity contribution in [3.63, 3.8) is 0 Å². The van der Waals surface area contributed by atoms with E-state index in [1.807, 2.05) is 0 Å². The van der Waals surface area contributed by atoms with Crippen LogP contribution in [0.4, 0.5) is 27.6 Å². The Morgan fingerprint density at radius 3 is 2.16 bits per heavy atom. The summed E-state index contributed by atoms with van der Waals surface area (Å²) in [7, 11) is 0. The highest BCUT2D eigenvalue weighted by atomic mass is 19.4. The number of hydrogen-bond acceptors (Lipinski definition) is 3. The van der Waals surface area contributed by atoms with Crippen LogP contribution in [0.2, 0.25) is 0 Å². The topological polar surface area (TPSA) is 84.2 Å². The summed E-state index contributed by atoms with van der Waals surface area (Å²) in [6, 6.07) is 4.67. The van der Waals surface area contributed by atoms with Gasteiger partial charge >= 0.3 is 6.36 Å². The van der Waals surface area contributed by atoms with Gasteiger partial charge in [-0.25, -0.2) is 8.78 Å². The predicted octanol–water partition coefficient (Wildman–Crippen LogP) is 3.19. The first-order chi connectivity index (χ1) is 11.5. The molecular formula is C14H16F5N5O. The van der Waals surface area contributed by atoms with Crippen molar-refractivity contribution in [1.82, 2.24) is 10.2 Å². The van der Waals surface area contributed by atoms with Gasteiger partial charge in [0.2, 0.25) is 0 Å². The highest BCUT2D eigenvalue weighted by Crippen LogP contribution is 2.27. The minimum absolute atomic E-state index is 0.00437. The molecule has 0 unspecified atom stereocenters. The highest BCUT2D eigenvalue weighted by Gasteiger charge is 2.35. The van der Waals surface area contributed by atoms with Crippen LogP contribution < -0.4 is 15.4 Å². The van der Waals surface area contributed by atoms with Crippen molar-refractivity contribution in [3.8, 4) is 5.75 Å². The number of nitrogens with one attached hydrogen (secondary N) is 4. The van der Waals surface area contributed by atoms with Gasteiger partial charge in [-0.2, -0.15) is 0 Å². The summed E-state index contributed by atoms with van der Waals surface area (Å²) in [6.07, 6.45) is -5.51. The molecule has 11 heteroatoms. The van der Waals surface area contributed by atoms with Crippen LogP contribution >= 0.6 is 0 Å². The Hall–Kier alpha value is -2.59. The summed E-state index contributed by atoms with van der Waals surface area (Å²) in [5, 5.41) is 20.4. The van der Waals surface area contributed by atoms with E-state index in [0.29, 0.717) is 5.69 Å². The quantitative estimate of drug-likeness (QED) is 0.368. The van der Waals surface area contributed by atoms with Crippen molar-refractivity contribution >= 4 is 17.6 Å². The molecule has 0 aliphatic carbocycles. The first kappa shape index (κ1) is 18.7. The van der Waals surface area contributed by atoms with Crippen LogP contribution in [-0.2, 0) is 0 Å². The van der Waals surface area contributed by atoms with Crippen molar-refractivity contribution in [3.05, 3.63) is 24.3 Å². The van der Waals surface area contributed by atoms with Crippen molar-refractivity contribution in [1.29, 1.82) is 10.8 Å². The molecule has 0 bridgehead atoms. The van der Waals surface area contributed by atoms with E-state index in [4.69, 9.17) is 10.8 Å². The molecule has 1 aromatic carbocycles. The molecule has 0 aromatic heterocycles. The Kier molecular flexibility index (Phi) is 5.33. The summed E-state index contributed by atoms with van der Waals surface area (Å²) in [5.74, 6) is -3.65. The van der Waals surface area contributed by atoms with Gasteiger partial charge in [-0.1, -0.05) is 0 Å². The van der Waals surface area contributed by atoms with Crippen LogP contribution in [0.1, 0.15) is 12.8 Å². The maximum Gasteiger partial charge on any atom is 0.573 e. The normalized spacial score (nSPS) is 16.9. The maximum atomic E-state index is 13.1. The van der Waals surface area contributed by atoms with E-state index in [1.54, 1.807) is 0 Å². The van der Waals surface area contributed by atoms with E-state index in [0.717, 1.165) is 12.1 Å². The van der Waals surface area contributed by atoms with E-state index in [2.05, 4.69) is 15.4 Å². The van der Waals surface area contributed by atoms with Gasteiger partial charge in [0.1, 0.15) is 5.75 Å². The third-order valence-corrected chi connectivity index (χ3v) is 3.41. The second kappa shape index (κ2) is 7.11. The van der Waals surface area contributed by atoms with Crippen LogP contribution in [0, 0.1) is 10.8 Å². The van der Waals surface area contributed by atoms with Gasteiger partial charge in [0, 0.05) is 31.6 Å². The number of hydrogen-bond donors (Lipinski definition) is 4. The molecule has 2 rings (SSSR count). The fourth-order valence-corrected chi connectivity index (χ4v) is 2.17. The van der Waals surface area contributed by atoms with Crippen molar-refractivity contribution in [2.24, 2.45) is 0 Å². The molecule has 1 aliphatic rings. The molecule has 0 amide bonds. The monoisotopic (exact) mass is 365 g/mol. The molecule has 1 aliphatic heterocycles. The van der Waals surface area contributed by atoms with Gasteiger partial charge in [-0.3, -0.25) is 16.1 Å². The molecule has 0 saturated carbocycles. The van der Waals surface area contributed by atoms with Gasteiger partial charge < -0.3 is 15.0 Å². The third kappa shape index (κ3) is 6.08. The highest BCUT2D eigenvalue weighted by molar-refractivity contribution is 6.02. The standard InChI is InChI=1S/C14H16F5N5O/c15-13(16)5-7-24(8-6-13)12(21)23-11(20)22-9-1-3-10(4-2-9)25-14(17,18)19/h1-4H,5-8H2,(H4,20,21,22,23). The molecule has 1 fully saturated rings. The Morgan fingerprint density at radius 2 is 1.64 bits per heavy atom. The minimum Gasteiger partial charge on any atom is -0.406 e. The molecule has 0 atom stereocenters. The summed E-state index contributed by atoms with van der Waals surface area (Å²) < 4.78 is 66.1. The number of anilines is 1. The van der Waals surface area contributed by atoms with Gasteiger partial charge in [0.25, 0.3) is 5.92 Å². The fourth-order valence-electron chi connectivity index (χ4n) is 2.17. The fraction of sp³-hybridized carbons (Fsp3) is 0.429. The smallest absolute Gasteiger partial charge is 0.406 e. The zero-order chi connectivity index (χ0) is 18.7. The average molecular weight is 365 g/mol. The molecule has 25 heavy (non-hydrogen) atoms. The second-order valence-corrected chi connectivity index (χ2v) is 5.39. The SMILES string of the molecule is N=C(NC(=N)N1CCC(F)(F)CC1)Nc1ccc(OC(F)(F)F)cc1. The number of halogens is 5. The van der Waals surface area contributed by atoms with Crippen LogP contribution in [0.3, 0.4) is 0 Å². The molecular weight excluding hydrogens is 349 g/mol. The molecule has 1 saturated heterocycles. The van der Waals surface area contributed by atoms with Crippen molar-refractivity contribution < 1.29 is 26.7 Å². The van der Waals surface area contributed by atoms with Gasteiger partial charge in [0.15, 0.2) is 11.9 Å². The van der Waals surface area contributed by atoms with Crippen LogP contribution in [-0.4, -0.2) is 42.2 Å². The summed E-state index contributed by atoms with van der Waals surface area (Å²) in [6.45, 7) is -0.00875. The molecule has 0 radical (unpaired) electrons.